The minimum Gasteiger partial charge on any atom is -0.496 e. The molecule has 1 aromatic heterocycles. The Morgan fingerprint density at radius 1 is 1.24 bits per heavy atom. The molecular formula is C23H21NO5. The number of hydrogen-bond acceptors (Lipinski definition) is 6. The standard InChI is InChI=1S/C23H21NO5/c1-15-10-18-12-21(26-2)17(11-22(18)28-15)8-9-23(25)27-14-19-13-20(24-29-19)16-6-4-3-5-7-16/h3-9,11-13,15H,10,14H2,1-2H3/b9-8+. The summed E-state index contributed by atoms with van der Waals surface area (Å²) in [7, 11) is 1.60. The Labute approximate surface area is 168 Å². The maximum absolute atomic E-state index is 12.1. The van der Waals surface area contributed by atoms with Crippen LogP contribution in [0.3, 0.4) is 0 Å². The van der Waals surface area contributed by atoms with Crippen molar-refractivity contribution in [2.75, 3.05) is 7.11 Å². The van der Waals surface area contributed by atoms with Crippen molar-refractivity contribution in [2.24, 2.45) is 0 Å². The first-order valence-electron chi connectivity index (χ1n) is 9.36. The second-order valence-corrected chi connectivity index (χ2v) is 6.82. The Morgan fingerprint density at radius 3 is 2.86 bits per heavy atom. The number of carbonyl (C=O) groups is 1. The van der Waals surface area contributed by atoms with E-state index in [9.17, 15) is 4.79 Å². The number of aromatic nitrogens is 1. The second-order valence-electron chi connectivity index (χ2n) is 6.82. The highest BCUT2D eigenvalue weighted by Crippen LogP contribution is 2.35. The fourth-order valence-electron chi connectivity index (χ4n) is 3.24. The third-order valence-corrected chi connectivity index (χ3v) is 4.63. The average molecular weight is 391 g/mol. The molecule has 0 spiro atoms. The van der Waals surface area contributed by atoms with E-state index < -0.39 is 5.97 Å². The zero-order chi connectivity index (χ0) is 20.2. The van der Waals surface area contributed by atoms with Crippen LogP contribution in [0.4, 0.5) is 0 Å². The highest BCUT2D eigenvalue weighted by atomic mass is 16.5. The molecule has 4 rings (SSSR count). The zero-order valence-corrected chi connectivity index (χ0v) is 16.3. The molecule has 1 atom stereocenters. The van der Waals surface area contributed by atoms with Gasteiger partial charge in [0.1, 0.15) is 23.3 Å². The number of ether oxygens (including phenoxy) is 3. The summed E-state index contributed by atoms with van der Waals surface area (Å²) in [6.07, 6.45) is 4.00. The van der Waals surface area contributed by atoms with Crippen LogP contribution in [0.25, 0.3) is 17.3 Å². The summed E-state index contributed by atoms with van der Waals surface area (Å²) >= 11 is 0. The van der Waals surface area contributed by atoms with E-state index >= 15 is 0 Å². The predicted molar refractivity (Wildman–Crippen MR) is 108 cm³/mol. The van der Waals surface area contributed by atoms with Crippen molar-refractivity contribution in [1.82, 2.24) is 5.16 Å². The van der Waals surface area contributed by atoms with E-state index in [1.807, 2.05) is 49.4 Å². The molecule has 0 saturated carbocycles. The molecule has 3 aromatic rings. The summed E-state index contributed by atoms with van der Waals surface area (Å²) in [4.78, 5) is 12.1. The van der Waals surface area contributed by atoms with Crippen molar-refractivity contribution >= 4 is 12.0 Å². The van der Waals surface area contributed by atoms with Gasteiger partial charge in [0.15, 0.2) is 12.4 Å². The van der Waals surface area contributed by atoms with E-state index in [0.29, 0.717) is 17.2 Å². The van der Waals surface area contributed by atoms with E-state index in [1.165, 1.54) is 6.08 Å². The number of hydrogen-bond donors (Lipinski definition) is 0. The van der Waals surface area contributed by atoms with Crippen molar-refractivity contribution < 1.29 is 23.5 Å². The van der Waals surface area contributed by atoms with Gasteiger partial charge in [-0.25, -0.2) is 4.79 Å². The summed E-state index contributed by atoms with van der Waals surface area (Å²) in [5.74, 6) is 1.50. The number of carbonyl (C=O) groups excluding carboxylic acids is 1. The molecule has 1 aliphatic heterocycles. The monoisotopic (exact) mass is 391 g/mol. The number of nitrogens with zero attached hydrogens (tertiary/aromatic N) is 1. The first kappa shape index (κ1) is 18.8. The maximum Gasteiger partial charge on any atom is 0.331 e. The molecule has 0 radical (unpaired) electrons. The molecule has 6 heteroatoms. The van der Waals surface area contributed by atoms with Crippen LogP contribution in [0.5, 0.6) is 11.5 Å². The van der Waals surface area contributed by atoms with Gasteiger partial charge in [0.25, 0.3) is 0 Å². The second kappa shape index (κ2) is 8.22. The Hall–Kier alpha value is -3.54. The van der Waals surface area contributed by atoms with E-state index in [4.69, 9.17) is 18.7 Å². The van der Waals surface area contributed by atoms with Crippen molar-refractivity contribution in [3.63, 3.8) is 0 Å². The molecule has 0 amide bonds. The van der Waals surface area contributed by atoms with Crippen LogP contribution in [0.15, 0.2) is 59.1 Å². The van der Waals surface area contributed by atoms with Crippen molar-refractivity contribution in [3.8, 4) is 22.8 Å². The maximum atomic E-state index is 12.1. The minimum atomic E-state index is -0.487. The number of methoxy groups -OCH3 is 1. The van der Waals surface area contributed by atoms with Crippen LogP contribution in [0, 0.1) is 0 Å². The third kappa shape index (κ3) is 4.32. The number of esters is 1. The van der Waals surface area contributed by atoms with Crippen molar-refractivity contribution in [1.29, 1.82) is 0 Å². The van der Waals surface area contributed by atoms with Crippen LogP contribution in [0.2, 0.25) is 0 Å². The smallest absolute Gasteiger partial charge is 0.331 e. The lowest BCUT2D eigenvalue weighted by molar-refractivity contribution is -0.139. The van der Waals surface area contributed by atoms with Gasteiger partial charge in [0.05, 0.1) is 7.11 Å². The zero-order valence-electron chi connectivity index (χ0n) is 16.3. The summed E-state index contributed by atoms with van der Waals surface area (Å²) < 4.78 is 21.7. The van der Waals surface area contributed by atoms with Gasteiger partial charge in [-0.2, -0.15) is 0 Å². The first-order chi connectivity index (χ1) is 14.1. The molecule has 148 valence electrons. The third-order valence-electron chi connectivity index (χ3n) is 4.63. The number of fused-ring (bicyclic) bond motifs is 1. The van der Waals surface area contributed by atoms with Crippen LogP contribution < -0.4 is 9.47 Å². The number of benzene rings is 2. The van der Waals surface area contributed by atoms with E-state index in [-0.39, 0.29) is 12.7 Å². The SMILES string of the molecule is COc1cc2c(cc1/C=C/C(=O)OCc1cc(-c3ccccc3)no1)OC(C)C2. The molecule has 2 heterocycles. The fourth-order valence-corrected chi connectivity index (χ4v) is 3.24. The Morgan fingerprint density at radius 2 is 2.07 bits per heavy atom. The summed E-state index contributed by atoms with van der Waals surface area (Å²) in [6, 6.07) is 15.2. The molecular weight excluding hydrogens is 370 g/mol. The van der Waals surface area contributed by atoms with Crippen LogP contribution in [-0.2, 0) is 22.6 Å². The quantitative estimate of drug-likeness (QED) is 0.457. The molecule has 1 unspecified atom stereocenters. The summed E-state index contributed by atoms with van der Waals surface area (Å²) in [5, 5.41) is 4.01. The van der Waals surface area contributed by atoms with Gasteiger partial charge >= 0.3 is 5.97 Å². The molecule has 0 fully saturated rings. The van der Waals surface area contributed by atoms with Gasteiger partial charge in [-0.3, -0.25) is 0 Å². The van der Waals surface area contributed by atoms with E-state index in [2.05, 4.69) is 5.16 Å². The molecule has 6 nitrogen and oxygen atoms in total. The average Bonchev–Trinajstić information content (AvgIpc) is 3.35. The minimum absolute atomic E-state index is 0.00492. The van der Waals surface area contributed by atoms with Crippen molar-refractivity contribution in [3.05, 3.63) is 71.5 Å². The lowest BCUT2D eigenvalue weighted by atomic mass is 10.1. The first-order valence-corrected chi connectivity index (χ1v) is 9.36. The summed E-state index contributed by atoms with van der Waals surface area (Å²) in [6.45, 7) is 2.02. The Bertz CT molecular complexity index is 1040. The van der Waals surface area contributed by atoms with Gasteiger partial charge in [-0.15, -0.1) is 0 Å². The highest BCUT2D eigenvalue weighted by Gasteiger charge is 2.21. The van der Waals surface area contributed by atoms with Crippen molar-refractivity contribution in [2.45, 2.75) is 26.1 Å². The topological polar surface area (TPSA) is 70.8 Å². The van der Waals surface area contributed by atoms with Gasteiger partial charge in [0, 0.05) is 35.3 Å². The normalized spacial score (nSPS) is 15.2. The number of rotatable bonds is 6. The molecule has 1 aliphatic rings. The molecule has 2 aromatic carbocycles. The van der Waals surface area contributed by atoms with Gasteiger partial charge in [0.2, 0.25) is 0 Å². The molecule has 0 saturated heterocycles. The fraction of sp³-hybridized carbons (Fsp3) is 0.217. The highest BCUT2D eigenvalue weighted by molar-refractivity contribution is 5.87. The molecule has 0 bridgehead atoms. The molecule has 0 aliphatic carbocycles. The van der Waals surface area contributed by atoms with Crippen LogP contribution >= 0.6 is 0 Å². The Balaban J connectivity index is 1.39. The lowest BCUT2D eigenvalue weighted by Gasteiger charge is -2.08. The largest absolute Gasteiger partial charge is 0.496 e. The van der Waals surface area contributed by atoms with E-state index in [0.717, 1.165) is 28.9 Å². The van der Waals surface area contributed by atoms with E-state index in [1.54, 1.807) is 19.3 Å². The van der Waals surface area contributed by atoms with Gasteiger partial charge in [-0.1, -0.05) is 35.5 Å². The van der Waals surface area contributed by atoms with Crippen LogP contribution in [-0.4, -0.2) is 24.3 Å². The Kier molecular flexibility index (Phi) is 5.33. The lowest BCUT2D eigenvalue weighted by Crippen LogP contribution is -2.05. The van der Waals surface area contributed by atoms with Crippen LogP contribution in [0.1, 0.15) is 23.8 Å². The summed E-state index contributed by atoms with van der Waals surface area (Å²) in [5.41, 5.74) is 3.50. The van der Waals surface area contributed by atoms with Gasteiger partial charge < -0.3 is 18.7 Å². The molecule has 0 N–H and O–H groups in total. The van der Waals surface area contributed by atoms with Gasteiger partial charge in [-0.05, 0) is 25.1 Å². The predicted octanol–water partition coefficient (Wildman–Crippen LogP) is 4.43. The molecule has 29 heavy (non-hydrogen) atoms.